The Hall–Kier alpha value is -0.930. The van der Waals surface area contributed by atoms with E-state index in [0.717, 1.165) is 0 Å². The average molecular weight is 332 g/mol. The molecule has 0 aromatic heterocycles. The molecular weight excluding hydrogens is 317 g/mol. The van der Waals surface area contributed by atoms with Crippen molar-refractivity contribution < 1.29 is 30.0 Å². The molecule has 0 aliphatic carbocycles. The van der Waals surface area contributed by atoms with Gasteiger partial charge in [-0.3, -0.25) is 0 Å². The second-order valence-corrected chi connectivity index (χ2v) is 9.47. The van der Waals surface area contributed by atoms with E-state index in [1.807, 2.05) is 0 Å². The zero-order valence-electron chi connectivity index (χ0n) is 11.1. The minimum atomic E-state index is -5.58. The number of methoxy groups -OCH3 is 1. The highest BCUT2D eigenvalue weighted by atomic mass is 32.3. The average Bonchev–Trinajstić information content (AvgIpc) is 2.26. The van der Waals surface area contributed by atoms with Crippen LogP contribution < -0.4 is 4.74 Å². The first-order valence-corrected chi connectivity index (χ1v) is 9.28. The highest BCUT2D eigenvalue weighted by Gasteiger charge is 2.49. The molecule has 0 spiro atoms. The van der Waals surface area contributed by atoms with Gasteiger partial charge in [-0.25, -0.2) is 3.63 Å². The first-order valence-electron chi connectivity index (χ1n) is 5.33. The molecule has 0 bridgehead atoms. The number of halogens is 3. The van der Waals surface area contributed by atoms with Crippen molar-refractivity contribution in [3.05, 3.63) is 29.8 Å². The van der Waals surface area contributed by atoms with Gasteiger partial charge in [0.05, 0.1) is 7.11 Å². The highest BCUT2D eigenvalue weighted by molar-refractivity contribution is 8.31. The van der Waals surface area contributed by atoms with Gasteiger partial charge in [-0.15, -0.1) is 10.3 Å². The number of alkyl halides is 3. The summed E-state index contributed by atoms with van der Waals surface area (Å²) in [5.41, 5.74) is -4.74. The summed E-state index contributed by atoms with van der Waals surface area (Å²) in [4.78, 5) is 0. The summed E-state index contributed by atoms with van der Waals surface area (Å²) in [5, 5.41) is 0. The molecule has 0 fully saturated rings. The van der Waals surface area contributed by atoms with Gasteiger partial charge >= 0.3 is 15.6 Å². The molecule has 1 aromatic rings. The molecule has 4 nitrogen and oxygen atoms in total. The first-order chi connectivity index (χ1) is 8.97. The van der Waals surface area contributed by atoms with E-state index in [-0.39, 0.29) is 5.75 Å². The van der Waals surface area contributed by atoms with Crippen LogP contribution in [0.1, 0.15) is 5.56 Å². The Labute approximate surface area is 117 Å². The maximum atomic E-state index is 12.3. The molecule has 116 valence electrons. The molecular formula is C11H15F3O4S2. The van der Waals surface area contributed by atoms with Gasteiger partial charge in [0.2, 0.25) is 0 Å². The van der Waals surface area contributed by atoms with Crippen molar-refractivity contribution in [2.45, 2.75) is 11.3 Å². The summed E-state index contributed by atoms with van der Waals surface area (Å²) in [5.74, 6) is 0.692. The van der Waals surface area contributed by atoms with Crippen LogP contribution in [-0.2, 0) is 19.5 Å². The fourth-order valence-corrected chi connectivity index (χ4v) is 4.86. The Bertz CT molecular complexity index is 550. The second kappa shape index (κ2) is 5.82. The molecule has 20 heavy (non-hydrogen) atoms. The lowest BCUT2D eigenvalue weighted by Gasteiger charge is -2.30. The predicted octanol–water partition coefficient (Wildman–Crippen LogP) is 3.04. The number of ether oxygens (including phenoxy) is 1. The third-order valence-electron chi connectivity index (χ3n) is 2.23. The van der Waals surface area contributed by atoms with E-state index >= 15 is 0 Å². The Kier molecular flexibility index (Phi) is 4.99. The van der Waals surface area contributed by atoms with Crippen LogP contribution >= 0.6 is 10.3 Å². The summed E-state index contributed by atoms with van der Waals surface area (Å²) >= 11 is 0. The first kappa shape index (κ1) is 17.1. The fraction of sp³-hybridized carbons (Fsp3) is 0.455. The van der Waals surface area contributed by atoms with E-state index in [1.54, 1.807) is 24.3 Å². The summed E-state index contributed by atoms with van der Waals surface area (Å²) in [6.07, 6.45) is 2.72. The SMILES string of the molecule is COc1ccc(CS(C)(C)OS(=O)(=O)C(F)(F)F)cc1. The van der Waals surface area contributed by atoms with E-state index in [4.69, 9.17) is 4.74 Å². The molecule has 0 atom stereocenters. The summed E-state index contributed by atoms with van der Waals surface area (Å²) in [6, 6.07) is 6.58. The van der Waals surface area contributed by atoms with Crippen molar-refractivity contribution in [3.63, 3.8) is 0 Å². The Morgan fingerprint density at radius 1 is 1.10 bits per heavy atom. The van der Waals surface area contributed by atoms with E-state index in [9.17, 15) is 21.6 Å². The van der Waals surface area contributed by atoms with Gasteiger partial charge < -0.3 is 4.74 Å². The van der Waals surface area contributed by atoms with Gasteiger partial charge in [0, 0.05) is 5.75 Å². The number of benzene rings is 1. The molecule has 0 saturated heterocycles. The van der Waals surface area contributed by atoms with Crippen LogP contribution in [0.2, 0.25) is 0 Å². The zero-order valence-corrected chi connectivity index (χ0v) is 12.7. The predicted molar refractivity (Wildman–Crippen MR) is 72.2 cm³/mol. The molecule has 0 N–H and O–H groups in total. The molecule has 0 aliphatic rings. The van der Waals surface area contributed by atoms with Crippen LogP contribution in [0, 0.1) is 0 Å². The quantitative estimate of drug-likeness (QED) is 0.778. The van der Waals surface area contributed by atoms with E-state index in [0.29, 0.717) is 11.3 Å². The lowest BCUT2D eigenvalue weighted by atomic mass is 10.2. The van der Waals surface area contributed by atoms with E-state index in [1.165, 1.54) is 19.6 Å². The molecule has 9 heteroatoms. The molecule has 1 rings (SSSR count). The van der Waals surface area contributed by atoms with Crippen LogP contribution in [0.15, 0.2) is 24.3 Å². The summed E-state index contributed by atoms with van der Waals surface area (Å²) in [7, 11) is -6.53. The van der Waals surface area contributed by atoms with Gasteiger partial charge in [0.15, 0.2) is 0 Å². The molecule has 0 saturated carbocycles. The van der Waals surface area contributed by atoms with Crippen LogP contribution in [0.3, 0.4) is 0 Å². The van der Waals surface area contributed by atoms with Crippen LogP contribution in [0.4, 0.5) is 13.2 Å². The van der Waals surface area contributed by atoms with Crippen LogP contribution in [-0.4, -0.2) is 33.5 Å². The van der Waals surface area contributed by atoms with Crippen LogP contribution in [0.25, 0.3) is 0 Å². The molecule has 0 unspecified atom stereocenters. The maximum absolute atomic E-state index is 12.3. The third kappa shape index (κ3) is 4.57. The molecule has 0 aliphatic heterocycles. The van der Waals surface area contributed by atoms with Crippen LogP contribution in [0.5, 0.6) is 5.75 Å². The van der Waals surface area contributed by atoms with Crippen molar-refractivity contribution in [2.24, 2.45) is 0 Å². The lowest BCUT2D eigenvalue weighted by molar-refractivity contribution is -0.0496. The largest absolute Gasteiger partial charge is 0.523 e. The Balaban J connectivity index is 2.84. The zero-order chi connectivity index (χ0) is 15.6. The van der Waals surface area contributed by atoms with Crippen molar-refractivity contribution in [1.82, 2.24) is 0 Å². The van der Waals surface area contributed by atoms with Gasteiger partial charge in [0.25, 0.3) is 0 Å². The summed E-state index contributed by atoms with van der Waals surface area (Å²) in [6.45, 7) is 0. The molecule has 0 radical (unpaired) electrons. The van der Waals surface area contributed by atoms with E-state index < -0.39 is 25.9 Å². The van der Waals surface area contributed by atoms with Crippen molar-refractivity contribution in [3.8, 4) is 5.75 Å². The van der Waals surface area contributed by atoms with Crippen molar-refractivity contribution in [1.29, 1.82) is 0 Å². The topological polar surface area (TPSA) is 52.6 Å². The molecule has 0 amide bonds. The fourth-order valence-electron chi connectivity index (χ4n) is 1.43. The molecule has 0 heterocycles. The van der Waals surface area contributed by atoms with Crippen molar-refractivity contribution in [2.75, 3.05) is 19.6 Å². The van der Waals surface area contributed by atoms with E-state index in [2.05, 4.69) is 3.63 Å². The Morgan fingerprint density at radius 3 is 2.00 bits per heavy atom. The third-order valence-corrected chi connectivity index (χ3v) is 6.02. The van der Waals surface area contributed by atoms with Gasteiger partial charge in [0.1, 0.15) is 5.75 Å². The van der Waals surface area contributed by atoms with Crippen molar-refractivity contribution >= 4 is 20.4 Å². The molecule has 1 aromatic carbocycles. The number of hydrogen-bond donors (Lipinski definition) is 0. The normalized spacial score (nSPS) is 14.1. The van der Waals surface area contributed by atoms with Gasteiger partial charge in [-0.2, -0.15) is 21.6 Å². The van der Waals surface area contributed by atoms with Gasteiger partial charge in [-0.1, -0.05) is 12.1 Å². The highest BCUT2D eigenvalue weighted by Crippen LogP contribution is 2.49. The lowest BCUT2D eigenvalue weighted by Crippen LogP contribution is -2.27. The number of hydrogen-bond acceptors (Lipinski definition) is 4. The summed E-state index contributed by atoms with van der Waals surface area (Å²) < 4.78 is 68.2. The standard InChI is InChI=1S/C11H15F3O4S2/c1-17-10-6-4-9(5-7-10)8-19(2,3)18-20(15,16)11(12,13)14/h4-7H,8H2,1-3H3. The smallest absolute Gasteiger partial charge is 0.497 e. The maximum Gasteiger partial charge on any atom is 0.523 e. The minimum Gasteiger partial charge on any atom is -0.497 e. The number of rotatable bonds is 5. The second-order valence-electron chi connectivity index (χ2n) is 4.40. The Morgan fingerprint density at radius 2 is 1.60 bits per heavy atom. The monoisotopic (exact) mass is 332 g/mol. The minimum absolute atomic E-state index is 0.0896. The van der Waals surface area contributed by atoms with Gasteiger partial charge in [-0.05, 0) is 30.2 Å².